The molecule has 2 rings (SSSR count). The number of ether oxygens (including phenoxy) is 1. The predicted molar refractivity (Wildman–Crippen MR) is 47.1 cm³/mol. The van der Waals surface area contributed by atoms with E-state index in [9.17, 15) is 9.59 Å². The Bertz CT molecular complexity index is 435. The van der Waals surface area contributed by atoms with Crippen molar-refractivity contribution in [2.24, 2.45) is 0 Å². The molecule has 6 nitrogen and oxygen atoms in total. The standard InChI is InChI=1S/C8H10N2O4/c11-4-6-5(14-6)3-10-2-1-7(12)9-8(10)13/h1-2,5-6,11H,3-4H2,(H,9,12,13). The second-order valence-corrected chi connectivity index (χ2v) is 3.16. The van der Waals surface area contributed by atoms with Crippen molar-refractivity contribution in [3.05, 3.63) is 33.1 Å². The first-order valence-electron chi connectivity index (χ1n) is 4.27. The highest BCUT2D eigenvalue weighted by atomic mass is 16.6. The second kappa shape index (κ2) is 3.39. The van der Waals surface area contributed by atoms with Gasteiger partial charge >= 0.3 is 5.69 Å². The first kappa shape index (κ1) is 9.17. The number of rotatable bonds is 3. The highest BCUT2D eigenvalue weighted by Gasteiger charge is 2.38. The van der Waals surface area contributed by atoms with E-state index in [-0.39, 0.29) is 18.8 Å². The fourth-order valence-corrected chi connectivity index (χ4v) is 1.28. The highest BCUT2D eigenvalue weighted by Crippen LogP contribution is 2.21. The van der Waals surface area contributed by atoms with E-state index in [4.69, 9.17) is 9.84 Å². The predicted octanol–water partition coefficient (Wildman–Crippen LogP) is -1.70. The maximum Gasteiger partial charge on any atom is 0.328 e. The van der Waals surface area contributed by atoms with Crippen LogP contribution in [0.25, 0.3) is 0 Å². The average molecular weight is 198 g/mol. The number of epoxide rings is 1. The smallest absolute Gasteiger partial charge is 0.328 e. The number of aromatic nitrogens is 2. The van der Waals surface area contributed by atoms with Crippen LogP contribution in [0.5, 0.6) is 0 Å². The van der Waals surface area contributed by atoms with E-state index >= 15 is 0 Å². The summed E-state index contributed by atoms with van der Waals surface area (Å²) in [7, 11) is 0. The van der Waals surface area contributed by atoms with Gasteiger partial charge in [0.15, 0.2) is 0 Å². The van der Waals surface area contributed by atoms with Crippen LogP contribution in [0.15, 0.2) is 21.9 Å². The summed E-state index contributed by atoms with van der Waals surface area (Å²) in [6, 6.07) is 1.28. The number of nitrogens with one attached hydrogen (secondary N) is 1. The molecule has 0 amide bonds. The molecule has 76 valence electrons. The van der Waals surface area contributed by atoms with E-state index in [1.54, 1.807) is 0 Å². The zero-order valence-electron chi connectivity index (χ0n) is 7.34. The molecule has 0 saturated carbocycles. The third kappa shape index (κ3) is 1.75. The highest BCUT2D eigenvalue weighted by molar-refractivity contribution is 4.88. The molecule has 1 fully saturated rings. The summed E-state index contributed by atoms with van der Waals surface area (Å²) >= 11 is 0. The van der Waals surface area contributed by atoms with Gasteiger partial charge in [0.2, 0.25) is 0 Å². The van der Waals surface area contributed by atoms with E-state index in [0.717, 1.165) is 0 Å². The van der Waals surface area contributed by atoms with E-state index in [0.29, 0.717) is 6.54 Å². The number of aliphatic hydroxyl groups is 1. The van der Waals surface area contributed by atoms with Crippen LogP contribution in [0, 0.1) is 0 Å². The first-order chi connectivity index (χ1) is 6.70. The van der Waals surface area contributed by atoms with Crippen molar-refractivity contribution < 1.29 is 9.84 Å². The van der Waals surface area contributed by atoms with Crippen molar-refractivity contribution in [2.45, 2.75) is 18.8 Å². The Morgan fingerprint density at radius 2 is 2.29 bits per heavy atom. The molecule has 1 aromatic heterocycles. The molecule has 0 aromatic carbocycles. The van der Waals surface area contributed by atoms with Crippen molar-refractivity contribution >= 4 is 0 Å². The van der Waals surface area contributed by atoms with Crippen LogP contribution in [0.4, 0.5) is 0 Å². The van der Waals surface area contributed by atoms with Gasteiger partial charge in [0.25, 0.3) is 5.56 Å². The Labute approximate surface area is 78.8 Å². The number of nitrogens with zero attached hydrogens (tertiary/aromatic N) is 1. The summed E-state index contributed by atoms with van der Waals surface area (Å²) in [5, 5.41) is 8.70. The lowest BCUT2D eigenvalue weighted by atomic mass is 10.3. The van der Waals surface area contributed by atoms with Gasteiger partial charge < -0.3 is 9.84 Å². The molecule has 6 heteroatoms. The summed E-state index contributed by atoms with van der Waals surface area (Å²) < 4.78 is 6.40. The van der Waals surface area contributed by atoms with Crippen LogP contribution in [0.3, 0.4) is 0 Å². The molecule has 2 N–H and O–H groups in total. The normalized spacial score (nSPS) is 24.9. The minimum Gasteiger partial charge on any atom is -0.394 e. The monoisotopic (exact) mass is 198 g/mol. The lowest BCUT2D eigenvalue weighted by Crippen LogP contribution is -2.30. The Morgan fingerprint density at radius 3 is 2.86 bits per heavy atom. The molecule has 2 unspecified atom stereocenters. The quantitative estimate of drug-likeness (QED) is 0.566. The topological polar surface area (TPSA) is 87.6 Å². The molecule has 1 saturated heterocycles. The molecular weight excluding hydrogens is 188 g/mol. The SMILES string of the molecule is O=c1ccn(CC2OC2CO)c(=O)[nH]1. The summed E-state index contributed by atoms with van der Waals surface area (Å²) in [5.74, 6) is 0. The Hall–Kier alpha value is -1.40. The van der Waals surface area contributed by atoms with Gasteiger partial charge in [0.1, 0.15) is 12.2 Å². The maximum absolute atomic E-state index is 11.2. The number of aromatic amines is 1. The zero-order valence-corrected chi connectivity index (χ0v) is 7.34. The fraction of sp³-hybridized carbons (Fsp3) is 0.500. The van der Waals surface area contributed by atoms with Gasteiger partial charge in [-0.1, -0.05) is 0 Å². The van der Waals surface area contributed by atoms with Crippen molar-refractivity contribution in [1.82, 2.24) is 9.55 Å². The second-order valence-electron chi connectivity index (χ2n) is 3.16. The molecule has 1 aromatic rings. The lowest BCUT2D eigenvalue weighted by molar-refractivity contribution is 0.241. The van der Waals surface area contributed by atoms with Gasteiger partial charge in [-0.3, -0.25) is 14.3 Å². The van der Waals surface area contributed by atoms with Crippen molar-refractivity contribution in [1.29, 1.82) is 0 Å². The summed E-state index contributed by atoms with van der Waals surface area (Å²) in [5.41, 5.74) is -0.869. The van der Waals surface area contributed by atoms with Crippen LogP contribution >= 0.6 is 0 Å². The maximum atomic E-state index is 11.2. The molecule has 1 aliphatic rings. The van der Waals surface area contributed by atoms with Gasteiger partial charge in [-0.25, -0.2) is 4.79 Å². The third-order valence-corrected chi connectivity index (χ3v) is 2.14. The minimum atomic E-state index is -0.454. The molecule has 1 aliphatic heterocycles. The molecular formula is C8H10N2O4. The molecule has 0 bridgehead atoms. The van der Waals surface area contributed by atoms with Crippen LogP contribution in [0.2, 0.25) is 0 Å². The summed E-state index contributed by atoms with van der Waals surface area (Å²) in [6.45, 7) is 0.323. The van der Waals surface area contributed by atoms with E-state index in [1.165, 1.54) is 16.8 Å². The van der Waals surface area contributed by atoms with Gasteiger partial charge in [-0.2, -0.15) is 0 Å². The van der Waals surface area contributed by atoms with Gasteiger partial charge in [-0.15, -0.1) is 0 Å². The van der Waals surface area contributed by atoms with Crippen LogP contribution < -0.4 is 11.2 Å². The Balaban J connectivity index is 2.11. The zero-order chi connectivity index (χ0) is 10.1. The third-order valence-electron chi connectivity index (χ3n) is 2.14. The van der Waals surface area contributed by atoms with Crippen LogP contribution in [-0.4, -0.2) is 33.5 Å². The molecule has 2 heterocycles. The van der Waals surface area contributed by atoms with E-state index < -0.39 is 11.2 Å². The van der Waals surface area contributed by atoms with Crippen molar-refractivity contribution in [3.63, 3.8) is 0 Å². The summed E-state index contributed by atoms with van der Waals surface area (Å²) in [4.78, 5) is 24.1. The van der Waals surface area contributed by atoms with Gasteiger partial charge in [0, 0.05) is 12.3 Å². The number of aliphatic hydroxyl groups excluding tert-OH is 1. The molecule has 14 heavy (non-hydrogen) atoms. The fourth-order valence-electron chi connectivity index (χ4n) is 1.28. The molecule has 0 spiro atoms. The molecule has 0 radical (unpaired) electrons. The van der Waals surface area contributed by atoms with Crippen LogP contribution in [-0.2, 0) is 11.3 Å². The summed E-state index contributed by atoms with van der Waals surface area (Å²) in [6.07, 6.45) is 1.12. The minimum absolute atomic E-state index is 0.0389. The number of H-pyrrole nitrogens is 1. The van der Waals surface area contributed by atoms with Crippen molar-refractivity contribution in [2.75, 3.05) is 6.61 Å². The number of hydrogen-bond donors (Lipinski definition) is 2. The lowest BCUT2D eigenvalue weighted by Gasteiger charge is -1.99. The largest absolute Gasteiger partial charge is 0.394 e. The van der Waals surface area contributed by atoms with Gasteiger partial charge in [0.05, 0.1) is 13.2 Å². The van der Waals surface area contributed by atoms with Crippen LogP contribution in [0.1, 0.15) is 0 Å². The van der Waals surface area contributed by atoms with E-state index in [1.807, 2.05) is 0 Å². The molecule has 0 aliphatic carbocycles. The first-order valence-corrected chi connectivity index (χ1v) is 4.27. The van der Waals surface area contributed by atoms with Gasteiger partial charge in [-0.05, 0) is 0 Å². The van der Waals surface area contributed by atoms with E-state index in [2.05, 4.69) is 4.98 Å². The average Bonchev–Trinajstić information content (AvgIpc) is 2.89. The number of hydrogen-bond acceptors (Lipinski definition) is 4. The Morgan fingerprint density at radius 1 is 1.50 bits per heavy atom. The van der Waals surface area contributed by atoms with Crippen molar-refractivity contribution in [3.8, 4) is 0 Å². The molecule has 2 atom stereocenters. The Kier molecular flexibility index (Phi) is 2.22.